The lowest BCUT2D eigenvalue weighted by atomic mass is 9.90. The van der Waals surface area contributed by atoms with Crippen molar-refractivity contribution in [2.24, 2.45) is 0 Å². The number of hydrogen-bond acceptors (Lipinski definition) is 7. The standard InChI is InChI=1S/C22H35N3O.3C2HF3O2/c1-19-5-7-20(8-6-19)16-25-11-10-22(18-25)9-3-4-21(26-22)17-24-14-12-23(2)13-15-24;3*3-2(4,5)1(6)7/h5-8,21H,3-4,9-18H2,1-2H3;3*(H,6,7)/t21-,22-;;;/m1.../s1. The normalized spacial score (nSPS) is 22.6. The van der Waals surface area contributed by atoms with E-state index in [4.69, 9.17) is 34.4 Å². The molecule has 0 unspecified atom stereocenters. The molecule has 3 N–H and O–H groups in total. The topological polar surface area (TPSA) is 131 Å². The van der Waals surface area contributed by atoms with Crippen molar-refractivity contribution in [3.05, 3.63) is 35.4 Å². The maximum Gasteiger partial charge on any atom is 0.490 e. The van der Waals surface area contributed by atoms with Crippen LogP contribution in [0.25, 0.3) is 0 Å². The predicted octanol–water partition coefficient (Wildman–Crippen LogP) is 4.66. The lowest BCUT2D eigenvalue weighted by Crippen LogP contribution is -2.51. The molecule has 0 aromatic heterocycles. The van der Waals surface area contributed by atoms with Gasteiger partial charge in [0.25, 0.3) is 0 Å². The van der Waals surface area contributed by atoms with E-state index in [0.29, 0.717) is 6.10 Å². The maximum absolute atomic E-state index is 10.6. The zero-order chi connectivity index (χ0) is 36.2. The molecule has 0 saturated carbocycles. The highest BCUT2D eigenvalue weighted by atomic mass is 19.4. The zero-order valence-corrected chi connectivity index (χ0v) is 25.6. The van der Waals surface area contributed by atoms with Crippen LogP contribution in [-0.4, -0.2) is 131 Å². The predicted molar refractivity (Wildman–Crippen MR) is 148 cm³/mol. The molecule has 3 fully saturated rings. The van der Waals surface area contributed by atoms with E-state index in [1.165, 1.54) is 69.5 Å². The number of carboxylic acid groups (broad SMARTS) is 3. The van der Waals surface area contributed by atoms with Gasteiger partial charge in [0.1, 0.15) is 0 Å². The van der Waals surface area contributed by atoms with Crippen LogP contribution >= 0.6 is 0 Å². The van der Waals surface area contributed by atoms with Crippen LogP contribution in [0.3, 0.4) is 0 Å². The molecule has 270 valence electrons. The van der Waals surface area contributed by atoms with Crippen molar-refractivity contribution in [3.63, 3.8) is 0 Å². The summed E-state index contributed by atoms with van der Waals surface area (Å²) in [5.74, 6) is -8.27. The molecule has 4 rings (SSSR count). The van der Waals surface area contributed by atoms with Gasteiger partial charge in [-0.1, -0.05) is 29.8 Å². The van der Waals surface area contributed by atoms with Gasteiger partial charge in [-0.15, -0.1) is 0 Å². The van der Waals surface area contributed by atoms with Gasteiger partial charge in [-0.25, -0.2) is 14.4 Å². The van der Waals surface area contributed by atoms with E-state index in [1.54, 1.807) is 0 Å². The number of likely N-dealkylation sites (tertiary alicyclic amines) is 1. The third kappa shape index (κ3) is 16.5. The number of benzene rings is 1. The number of ether oxygens (including phenoxy) is 1. The Bertz CT molecular complexity index is 1080. The summed E-state index contributed by atoms with van der Waals surface area (Å²) in [4.78, 5) is 34.3. The Hall–Kier alpha value is -3.16. The van der Waals surface area contributed by atoms with Crippen molar-refractivity contribution < 1.29 is 74.0 Å². The van der Waals surface area contributed by atoms with Gasteiger partial charge in [0.15, 0.2) is 0 Å². The van der Waals surface area contributed by atoms with Crippen molar-refractivity contribution in [2.75, 3.05) is 52.9 Å². The van der Waals surface area contributed by atoms with Crippen LogP contribution in [0.1, 0.15) is 36.8 Å². The highest BCUT2D eigenvalue weighted by Gasteiger charge is 2.43. The molecule has 1 aromatic rings. The average Bonchev–Trinajstić information content (AvgIpc) is 3.31. The second-order valence-corrected chi connectivity index (χ2v) is 11.3. The number of piperazine rings is 1. The SMILES string of the molecule is Cc1ccc(CN2CC[C@]3(CCC[C@H](CN4CCN(C)CC4)O3)C2)cc1.O=C(O)C(F)(F)F.O=C(O)C(F)(F)F.O=C(O)C(F)(F)F. The maximum atomic E-state index is 10.6. The molecule has 0 aliphatic carbocycles. The van der Waals surface area contributed by atoms with E-state index >= 15 is 0 Å². The number of carboxylic acids is 3. The van der Waals surface area contributed by atoms with Gasteiger partial charge >= 0.3 is 36.4 Å². The molecule has 1 spiro atoms. The van der Waals surface area contributed by atoms with Crippen molar-refractivity contribution in [3.8, 4) is 0 Å². The third-order valence-electron chi connectivity index (χ3n) is 7.28. The van der Waals surface area contributed by atoms with Crippen LogP contribution in [0.5, 0.6) is 0 Å². The van der Waals surface area contributed by atoms with Crippen LogP contribution in [0.2, 0.25) is 0 Å². The summed E-state index contributed by atoms with van der Waals surface area (Å²) >= 11 is 0. The number of aliphatic carboxylic acids is 3. The number of halogens is 9. The summed E-state index contributed by atoms with van der Waals surface area (Å²) in [5, 5.41) is 21.4. The number of nitrogens with zero attached hydrogens (tertiary/aromatic N) is 3. The van der Waals surface area contributed by atoms with Gasteiger partial charge in [0.05, 0.1) is 11.7 Å². The lowest BCUT2D eigenvalue weighted by Gasteiger charge is -2.42. The summed E-state index contributed by atoms with van der Waals surface area (Å²) in [6.45, 7) is 11.4. The minimum atomic E-state index is -5.08. The van der Waals surface area contributed by atoms with Crippen molar-refractivity contribution in [2.45, 2.75) is 69.4 Å². The number of alkyl halides is 9. The smallest absolute Gasteiger partial charge is 0.475 e. The molecule has 0 radical (unpaired) electrons. The molecular weight excluding hydrogens is 661 g/mol. The first kappa shape index (κ1) is 41.9. The largest absolute Gasteiger partial charge is 0.490 e. The quantitative estimate of drug-likeness (QED) is 0.382. The Morgan fingerprint density at radius 2 is 1.21 bits per heavy atom. The van der Waals surface area contributed by atoms with E-state index in [2.05, 4.69) is 52.9 Å². The van der Waals surface area contributed by atoms with E-state index in [0.717, 1.165) is 19.6 Å². The number of aryl methyl sites for hydroxylation is 1. The molecule has 10 nitrogen and oxygen atoms in total. The van der Waals surface area contributed by atoms with Crippen LogP contribution in [0.15, 0.2) is 24.3 Å². The Balaban J connectivity index is 0.000000430. The molecule has 2 atom stereocenters. The fourth-order valence-electron chi connectivity index (χ4n) is 4.88. The molecule has 0 amide bonds. The lowest BCUT2D eigenvalue weighted by molar-refractivity contribution is -0.193. The van der Waals surface area contributed by atoms with Crippen LogP contribution < -0.4 is 0 Å². The fourth-order valence-corrected chi connectivity index (χ4v) is 4.88. The minimum Gasteiger partial charge on any atom is -0.475 e. The Morgan fingerprint density at radius 3 is 1.64 bits per heavy atom. The first-order valence-electron chi connectivity index (χ1n) is 14.2. The Kier molecular flexibility index (Phi) is 15.9. The summed E-state index contributed by atoms with van der Waals surface area (Å²) in [5.41, 5.74) is 2.90. The molecule has 3 saturated heterocycles. The van der Waals surface area contributed by atoms with Crippen molar-refractivity contribution in [1.82, 2.24) is 14.7 Å². The number of likely N-dealkylation sites (N-methyl/N-ethyl adjacent to an activating group) is 1. The summed E-state index contributed by atoms with van der Waals surface area (Å²) in [6.07, 6.45) is -9.79. The van der Waals surface area contributed by atoms with Gasteiger partial charge in [-0.3, -0.25) is 9.80 Å². The molecule has 0 bridgehead atoms. The van der Waals surface area contributed by atoms with E-state index in [1.807, 2.05) is 0 Å². The van der Waals surface area contributed by atoms with Crippen LogP contribution in [-0.2, 0) is 25.7 Å². The first-order valence-corrected chi connectivity index (χ1v) is 14.2. The second kappa shape index (κ2) is 17.8. The highest BCUT2D eigenvalue weighted by Crippen LogP contribution is 2.37. The van der Waals surface area contributed by atoms with Gasteiger partial charge in [-0.05, 0) is 45.2 Å². The molecule has 3 aliphatic heterocycles. The van der Waals surface area contributed by atoms with E-state index < -0.39 is 36.4 Å². The van der Waals surface area contributed by atoms with Gasteiger partial charge in [0.2, 0.25) is 0 Å². The third-order valence-corrected chi connectivity index (χ3v) is 7.28. The number of rotatable bonds is 4. The Labute approximate surface area is 264 Å². The minimum absolute atomic E-state index is 0.125. The van der Waals surface area contributed by atoms with E-state index in [9.17, 15) is 39.5 Å². The number of hydrogen-bond donors (Lipinski definition) is 3. The fraction of sp³-hybridized carbons (Fsp3) is 0.679. The molecule has 19 heteroatoms. The van der Waals surface area contributed by atoms with Crippen LogP contribution in [0, 0.1) is 6.92 Å². The zero-order valence-electron chi connectivity index (χ0n) is 25.6. The van der Waals surface area contributed by atoms with Gasteiger partial charge < -0.3 is 25.0 Å². The van der Waals surface area contributed by atoms with Crippen molar-refractivity contribution >= 4 is 17.9 Å². The van der Waals surface area contributed by atoms with E-state index in [-0.39, 0.29) is 5.60 Å². The number of carbonyl (C=O) groups is 3. The summed E-state index contributed by atoms with van der Waals surface area (Å²) < 4.78 is 102. The van der Waals surface area contributed by atoms with Gasteiger partial charge in [-0.2, -0.15) is 39.5 Å². The molecule has 3 heterocycles. The first-order chi connectivity index (χ1) is 21.4. The summed E-state index contributed by atoms with van der Waals surface area (Å²) in [6, 6.07) is 9.01. The molecule has 3 aliphatic rings. The molecule has 47 heavy (non-hydrogen) atoms. The van der Waals surface area contributed by atoms with Crippen LogP contribution in [0.4, 0.5) is 39.5 Å². The second-order valence-electron chi connectivity index (χ2n) is 11.3. The van der Waals surface area contributed by atoms with Gasteiger partial charge in [0, 0.05) is 52.4 Å². The molecular formula is C28H38F9N3O7. The highest BCUT2D eigenvalue weighted by molar-refractivity contribution is 5.73. The summed E-state index contributed by atoms with van der Waals surface area (Å²) in [7, 11) is 2.23. The Morgan fingerprint density at radius 1 is 0.766 bits per heavy atom. The monoisotopic (exact) mass is 699 g/mol. The molecule has 1 aromatic carbocycles. The van der Waals surface area contributed by atoms with Crippen molar-refractivity contribution in [1.29, 1.82) is 0 Å². The average molecular weight is 700 g/mol.